The summed E-state index contributed by atoms with van der Waals surface area (Å²) >= 11 is 0. The maximum atomic E-state index is 11.9. The smallest absolute Gasteiger partial charge is 0.256 e. The Hall–Kier alpha value is -1.62. The number of hydrogen-bond acceptors (Lipinski definition) is 4. The highest BCUT2D eigenvalue weighted by atomic mass is 16.5. The molecular weight excluding hydrogens is 232 g/mol. The molecule has 0 saturated carbocycles. The fraction of sp³-hybridized carbons (Fsp3) is 0.538. The third kappa shape index (κ3) is 4.71. The minimum atomic E-state index is -0.578. The van der Waals surface area contributed by atoms with Crippen molar-refractivity contribution in [1.82, 2.24) is 10.3 Å². The third-order valence-corrected chi connectivity index (χ3v) is 2.13. The van der Waals surface area contributed by atoms with Gasteiger partial charge in [-0.2, -0.15) is 0 Å². The van der Waals surface area contributed by atoms with Crippen LogP contribution in [0.1, 0.15) is 31.1 Å². The molecule has 0 saturated heterocycles. The summed E-state index contributed by atoms with van der Waals surface area (Å²) in [6.07, 6.45) is 1.01. The summed E-state index contributed by atoms with van der Waals surface area (Å²) in [4.78, 5) is 15.9. The number of nitrogens with one attached hydrogen (secondary N) is 1. The van der Waals surface area contributed by atoms with Crippen LogP contribution in [0.5, 0.6) is 5.88 Å². The molecule has 1 aromatic heterocycles. The van der Waals surface area contributed by atoms with Crippen LogP contribution < -0.4 is 10.1 Å². The van der Waals surface area contributed by atoms with Gasteiger partial charge in [0.2, 0.25) is 5.88 Å². The molecule has 0 spiro atoms. The molecule has 1 rings (SSSR count). The minimum Gasteiger partial charge on any atom is -0.477 e. The first-order valence-corrected chi connectivity index (χ1v) is 6.04. The Balaban J connectivity index is 2.71. The topological polar surface area (TPSA) is 71.5 Å². The highest BCUT2D eigenvalue weighted by molar-refractivity contribution is 5.96. The van der Waals surface area contributed by atoms with E-state index in [9.17, 15) is 4.79 Å². The summed E-state index contributed by atoms with van der Waals surface area (Å²) in [5, 5.41) is 11.7. The van der Waals surface area contributed by atoms with Crippen LogP contribution in [0.25, 0.3) is 0 Å². The van der Waals surface area contributed by atoms with Crippen LogP contribution in [-0.2, 0) is 0 Å². The van der Waals surface area contributed by atoms with E-state index in [1.54, 1.807) is 25.3 Å². The van der Waals surface area contributed by atoms with Gasteiger partial charge in [0.1, 0.15) is 5.56 Å². The van der Waals surface area contributed by atoms with Gasteiger partial charge in [-0.25, -0.2) is 4.98 Å². The molecule has 0 bridgehead atoms. The Morgan fingerprint density at radius 3 is 2.83 bits per heavy atom. The van der Waals surface area contributed by atoms with Crippen molar-refractivity contribution in [3.63, 3.8) is 0 Å². The second kappa shape index (κ2) is 6.96. The van der Waals surface area contributed by atoms with Gasteiger partial charge in [-0.3, -0.25) is 4.79 Å². The van der Waals surface area contributed by atoms with Crippen molar-refractivity contribution in [3.8, 4) is 5.88 Å². The van der Waals surface area contributed by atoms with Gasteiger partial charge in [0.25, 0.3) is 5.91 Å². The number of aromatic nitrogens is 1. The molecule has 5 heteroatoms. The quantitative estimate of drug-likeness (QED) is 0.798. The molecule has 0 aromatic carbocycles. The van der Waals surface area contributed by atoms with Crippen molar-refractivity contribution < 1.29 is 14.6 Å². The molecule has 0 radical (unpaired) electrons. The zero-order chi connectivity index (χ0) is 13.5. The molecule has 18 heavy (non-hydrogen) atoms. The molecule has 0 fully saturated rings. The fourth-order valence-corrected chi connectivity index (χ4v) is 1.26. The molecule has 0 aliphatic carbocycles. The molecular formula is C13H20N2O3. The number of carbonyl (C=O) groups is 1. The SMILES string of the molecule is CC(C)COc1ncccc1C(=O)NCC(C)O. The standard InChI is InChI=1S/C13H20N2O3/c1-9(2)8-18-13-11(5-4-6-14-13)12(17)15-7-10(3)16/h4-6,9-10,16H,7-8H2,1-3H3,(H,15,17). The lowest BCUT2D eigenvalue weighted by atomic mass is 10.2. The number of aliphatic hydroxyl groups is 1. The minimum absolute atomic E-state index is 0.206. The van der Waals surface area contributed by atoms with Crippen LogP contribution in [-0.4, -0.2) is 35.3 Å². The van der Waals surface area contributed by atoms with Crippen molar-refractivity contribution in [2.75, 3.05) is 13.2 Å². The molecule has 2 N–H and O–H groups in total. The summed E-state index contributed by atoms with van der Waals surface area (Å²) in [5.41, 5.74) is 0.388. The Labute approximate surface area is 107 Å². The van der Waals surface area contributed by atoms with E-state index < -0.39 is 6.10 Å². The van der Waals surface area contributed by atoms with Crippen molar-refractivity contribution in [2.24, 2.45) is 5.92 Å². The first-order valence-electron chi connectivity index (χ1n) is 6.04. The largest absolute Gasteiger partial charge is 0.477 e. The molecule has 100 valence electrons. The number of nitrogens with zero attached hydrogens (tertiary/aromatic N) is 1. The molecule has 5 nitrogen and oxygen atoms in total. The normalized spacial score (nSPS) is 12.3. The van der Waals surface area contributed by atoms with Crippen LogP contribution in [0, 0.1) is 5.92 Å². The average Bonchev–Trinajstić information content (AvgIpc) is 2.33. The average molecular weight is 252 g/mol. The number of hydrogen-bond donors (Lipinski definition) is 2. The van der Waals surface area contributed by atoms with Crippen molar-refractivity contribution >= 4 is 5.91 Å². The van der Waals surface area contributed by atoms with Crippen LogP contribution in [0.15, 0.2) is 18.3 Å². The molecule has 1 atom stereocenters. The zero-order valence-corrected chi connectivity index (χ0v) is 11.0. The predicted octanol–water partition coefficient (Wildman–Crippen LogP) is 1.23. The van der Waals surface area contributed by atoms with Crippen LogP contribution in [0.3, 0.4) is 0 Å². The van der Waals surface area contributed by atoms with E-state index in [4.69, 9.17) is 9.84 Å². The van der Waals surface area contributed by atoms with E-state index in [2.05, 4.69) is 10.3 Å². The first-order chi connectivity index (χ1) is 8.50. The van der Waals surface area contributed by atoms with Crippen LogP contribution in [0.4, 0.5) is 0 Å². The van der Waals surface area contributed by atoms with Crippen LogP contribution in [0.2, 0.25) is 0 Å². The Morgan fingerprint density at radius 1 is 1.50 bits per heavy atom. The molecule has 1 heterocycles. The zero-order valence-electron chi connectivity index (χ0n) is 11.0. The number of aliphatic hydroxyl groups excluding tert-OH is 1. The summed E-state index contributed by atoms with van der Waals surface area (Å²) < 4.78 is 5.49. The number of ether oxygens (including phenoxy) is 1. The van der Waals surface area contributed by atoms with Crippen molar-refractivity contribution in [2.45, 2.75) is 26.9 Å². The van der Waals surface area contributed by atoms with E-state index in [0.29, 0.717) is 24.0 Å². The Bertz CT molecular complexity index is 392. The lowest BCUT2D eigenvalue weighted by molar-refractivity contribution is 0.0918. The van der Waals surface area contributed by atoms with E-state index in [1.165, 1.54) is 0 Å². The van der Waals surface area contributed by atoms with E-state index in [0.717, 1.165) is 0 Å². The molecule has 1 amide bonds. The monoisotopic (exact) mass is 252 g/mol. The number of pyridine rings is 1. The maximum absolute atomic E-state index is 11.9. The van der Waals surface area contributed by atoms with Gasteiger partial charge in [-0.15, -0.1) is 0 Å². The Morgan fingerprint density at radius 2 is 2.22 bits per heavy atom. The number of rotatable bonds is 6. The summed E-state index contributed by atoms with van der Waals surface area (Å²) in [5.74, 6) is 0.400. The summed E-state index contributed by atoms with van der Waals surface area (Å²) in [6, 6.07) is 3.33. The predicted molar refractivity (Wildman–Crippen MR) is 68.6 cm³/mol. The molecule has 0 aliphatic heterocycles. The summed E-state index contributed by atoms with van der Waals surface area (Å²) in [7, 11) is 0. The van der Waals surface area contributed by atoms with E-state index in [1.807, 2.05) is 13.8 Å². The van der Waals surface area contributed by atoms with E-state index >= 15 is 0 Å². The van der Waals surface area contributed by atoms with Gasteiger partial charge in [0.05, 0.1) is 12.7 Å². The number of carbonyl (C=O) groups excluding carboxylic acids is 1. The van der Waals surface area contributed by atoms with Crippen molar-refractivity contribution in [3.05, 3.63) is 23.9 Å². The van der Waals surface area contributed by atoms with E-state index in [-0.39, 0.29) is 12.5 Å². The molecule has 0 aliphatic rings. The third-order valence-electron chi connectivity index (χ3n) is 2.13. The lowest BCUT2D eigenvalue weighted by Crippen LogP contribution is -2.31. The van der Waals surface area contributed by atoms with Crippen molar-refractivity contribution in [1.29, 1.82) is 0 Å². The van der Waals surface area contributed by atoms with Gasteiger partial charge >= 0.3 is 0 Å². The first kappa shape index (κ1) is 14.4. The summed E-state index contributed by atoms with van der Waals surface area (Å²) in [6.45, 7) is 6.37. The van der Waals surface area contributed by atoms with Gasteiger partial charge in [0, 0.05) is 12.7 Å². The Kier molecular flexibility index (Phi) is 5.58. The van der Waals surface area contributed by atoms with Crippen LogP contribution >= 0.6 is 0 Å². The highest BCUT2D eigenvalue weighted by Crippen LogP contribution is 2.15. The van der Waals surface area contributed by atoms with Gasteiger partial charge < -0.3 is 15.2 Å². The second-order valence-electron chi connectivity index (χ2n) is 4.62. The second-order valence-corrected chi connectivity index (χ2v) is 4.62. The van der Waals surface area contributed by atoms with Gasteiger partial charge in [-0.1, -0.05) is 13.8 Å². The molecule has 1 aromatic rings. The van der Waals surface area contributed by atoms with Gasteiger partial charge in [-0.05, 0) is 25.0 Å². The molecule has 1 unspecified atom stereocenters. The number of amides is 1. The van der Waals surface area contributed by atoms with Gasteiger partial charge in [0.15, 0.2) is 0 Å². The lowest BCUT2D eigenvalue weighted by Gasteiger charge is -2.12. The maximum Gasteiger partial charge on any atom is 0.256 e. The highest BCUT2D eigenvalue weighted by Gasteiger charge is 2.14. The fourth-order valence-electron chi connectivity index (χ4n) is 1.26.